The predicted molar refractivity (Wildman–Crippen MR) is 65.4 cm³/mol. The molecule has 8 nitrogen and oxygen atoms in total. The summed E-state index contributed by atoms with van der Waals surface area (Å²) in [6.45, 7) is 1.68. The van der Waals surface area contributed by atoms with Gasteiger partial charge < -0.3 is 5.32 Å². The van der Waals surface area contributed by atoms with Crippen molar-refractivity contribution < 1.29 is 14.5 Å². The highest BCUT2D eigenvalue weighted by molar-refractivity contribution is 6.06. The number of rotatable bonds is 3. The molecule has 19 heavy (non-hydrogen) atoms. The number of imide groups is 1. The summed E-state index contributed by atoms with van der Waals surface area (Å²) in [4.78, 5) is 38.3. The van der Waals surface area contributed by atoms with Gasteiger partial charge >= 0.3 is 5.69 Å². The van der Waals surface area contributed by atoms with Crippen LogP contribution in [0.25, 0.3) is 0 Å². The van der Waals surface area contributed by atoms with Crippen molar-refractivity contribution >= 4 is 23.3 Å². The van der Waals surface area contributed by atoms with Gasteiger partial charge in [-0.2, -0.15) is 0 Å². The van der Waals surface area contributed by atoms with Crippen LogP contribution in [0.5, 0.6) is 0 Å². The molecule has 1 fully saturated rings. The maximum absolute atomic E-state index is 11.7. The highest BCUT2D eigenvalue weighted by atomic mass is 16.6. The number of aromatic nitrogens is 1. The number of nitrogens with one attached hydrogen (secondary N) is 1. The first kappa shape index (κ1) is 12.9. The third kappa shape index (κ3) is 2.37. The maximum Gasteiger partial charge on any atom is 0.311 e. The fourth-order valence-electron chi connectivity index (χ4n) is 1.84. The molecule has 0 aliphatic carbocycles. The molecule has 2 heterocycles. The second kappa shape index (κ2) is 4.63. The Kier molecular flexibility index (Phi) is 3.16. The number of carbonyl (C=O) groups is 2. The van der Waals surface area contributed by atoms with Crippen LogP contribution in [0.1, 0.15) is 12.0 Å². The van der Waals surface area contributed by atoms with Gasteiger partial charge in [-0.3, -0.25) is 24.6 Å². The molecule has 2 rings (SSSR count). The first-order valence-corrected chi connectivity index (χ1v) is 5.58. The number of nitrogens with zero attached hydrogens (tertiary/aromatic N) is 3. The first-order valence-electron chi connectivity index (χ1n) is 5.58. The summed E-state index contributed by atoms with van der Waals surface area (Å²) in [6, 6.07) is 0.562. The Morgan fingerprint density at radius 1 is 1.53 bits per heavy atom. The lowest BCUT2D eigenvalue weighted by Gasteiger charge is -2.11. The molecule has 1 aromatic heterocycles. The molecule has 1 aliphatic rings. The van der Waals surface area contributed by atoms with Crippen LogP contribution in [-0.4, -0.2) is 39.7 Å². The lowest BCUT2D eigenvalue weighted by Crippen LogP contribution is -2.32. The standard InChI is InChI=1S/C11H12N4O4/c1-6-3-8(15(18)19)10(12-5-6)13-7-4-9(16)14(2)11(7)17/h3,5,7H,4H2,1-2H3,(H,12,13). The average molecular weight is 264 g/mol. The van der Waals surface area contributed by atoms with Crippen molar-refractivity contribution in [2.24, 2.45) is 0 Å². The first-order chi connectivity index (χ1) is 8.90. The van der Waals surface area contributed by atoms with Crippen molar-refractivity contribution in [3.8, 4) is 0 Å². The third-order valence-corrected chi connectivity index (χ3v) is 2.89. The van der Waals surface area contributed by atoms with Gasteiger partial charge in [0, 0.05) is 19.3 Å². The highest BCUT2D eigenvalue weighted by Gasteiger charge is 2.37. The molecule has 0 spiro atoms. The number of likely N-dealkylation sites (tertiary alicyclic amines) is 1. The van der Waals surface area contributed by atoms with Gasteiger partial charge in [-0.1, -0.05) is 0 Å². The zero-order chi connectivity index (χ0) is 14.2. The van der Waals surface area contributed by atoms with Crippen LogP contribution in [-0.2, 0) is 9.59 Å². The third-order valence-electron chi connectivity index (χ3n) is 2.89. The summed E-state index contributed by atoms with van der Waals surface area (Å²) < 4.78 is 0. The highest BCUT2D eigenvalue weighted by Crippen LogP contribution is 2.25. The smallest absolute Gasteiger partial charge is 0.311 e. The lowest BCUT2D eigenvalue weighted by atomic mass is 10.2. The number of hydrogen-bond donors (Lipinski definition) is 1. The summed E-state index contributed by atoms with van der Waals surface area (Å²) in [5.74, 6) is -0.740. The quantitative estimate of drug-likeness (QED) is 0.483. The van der Waals surface area contributed by atoms with E-state index < -0.39 is 16.9 Å². The topological polar surface area (TPSA) is 105 Å². The molecular formula is C11H12N4O4. The predicted octanol–water partition coefficient (Wildman–Crippen LogP) is 0.467. The SMILES string of the molecule is Cc1cnc(NC2CC(=O)N(C)C2=O)c([N+](=O)[O-])c1. The Bertz CT molecular complexity index is 572. The van der Waals surface area contributed by atoms with Crippen LogP contribution in [0.15, 0.2) is 12.3 Å². The number of amides is 2. The Hall–Kier alpha value is -2.51. The molecule has 1 N–H and O–H groups in total. The Labute approximate surface area is 108 Å². The minimum Gasteiger partial charge on any atom is -0.352 e. The summed E-state index contributed by atoms with van der Waals surface area (Å²) in [5.41, 5.74) is 0.429. The molecule has 1 aliphatic heterocycles. The van der Waals surface area contributed by atoms with Crippen LogP contribution in [0, 0.1) is 17.0 Å². The van der Waals surface area contributed by atoms with E-state index in [0.29, 0.717) is 5.56 Å². The molecule has 0 bridgehead atoms. The van der Waals surface area contributed by atoms with Gasteiger partial charge in [0.1, 0.15) is 6.04 Å². The summed E-state index contributed by atoms with van der Waals surface area (Å²) in [6.07, 6.45) is 1.43. The maximum atomic E-state index is 11.7. The largest absolute Gasteiger partial charge is 0.352 e. The monoisotopic (exact) mass is 264 g/mol. The summed E-state index contributed by atoms with van der Waals surface area (Å²) in [5, 5.41) is 13.6. The van der Waals surface area contributed by atoms with Crippen LogP contribution in [0.3, 0.4) is 0 Å². The summed E-state index contributed by atoms with van der Waals surface area (Å²) in [7, 11) is 1.38. The minimum atomic E-state index is -0.800. The van der Waals surface area contributed by atoms with Crippen molar-refractivity contribution in [3.63, 3.8) is 0 Å². The zero-order valence-electron chi connectivity index (χ0n) is 10.4. The second-order valence-electron chi connectivity index (χ2n) is 4.33. The van der Waals surface area contributed by atoms with Crippen molar-refractivity contribution in [2.75, 3.05) is 12.4 Å². The van der Waals surface area contributed by atoms with Gasteiger partial charge in [-0.25, -0.2) is 4.98 Å². The number of anilines is 1. The number of pyridine rings is 1. The molecule has 8 heteroatoms. The van der Waals surface area contributed by atoms with Gasteiger partial charge in [0.2, 0.25) is 11.7 Å². The van der Waals surface area contributed by atoms with Crippen LogP contribution in [0.2, 0.25) is 0 Å². The van der Waals surface area contributed by atoms with E-state index in [0.717, 1.165) is 4.90 Å². The number of carbonyl (C=O) groups excluding carboxylic acids is 2. The molecule has 1 aromatic rings. The summed E-state index contributed by atoms with van der Waals surface area (Å²) >= 11 is 0. The Morgan fingerprint density at radius 2 is 2.21 bits per heavy atom. The van der Waals surface area contributed by atoms with E-state index in [2.05, 4.69) is 10.3 Å². The average Bonchev–Trinajstić information content (AvgIpc) is 2.59. The Balaban J connectivity index is 2.27. The van der Waals surface area contributed by atoms with E-state index in [1.54, 1.807) is 6.92 Å². The van der Waals surface area contributed by atoms with Crippen LogP contribution < -0.4 is 5.32 Å². The van der Waals surface area contributed by atoms with E-state index in [4.69, 9.17) is 0 Å². The van der Waals surface area contributed by atoms with Crippen molar-refractivity contribution in [1.29, 1.82) is 0 Å². The van der Waals surface area contributed by atoms with Gasteiger partial charge in [0.05, 0.1) is 11.3 Å². The lowest BCUT2D eigenvalue weighted by molar-refractivity contribution is -0.384. The molecule has 2 amide bonds. The molecule has 0 radical (unpaired) electrons. The van der Waals surface area contributed by atoms with E-state index in [1.807, 2.05) is 0 Å². The van der Waals surface area contributed by atoms with Gasteiger partial charge in [0.15, 0.2) is 0 Å². The minimum absolute atomic E-state index is 0.00273. The second-order valence-corrected chi connectivity index (χ2v) is 4.33. The van der Waals surface area contributed by atoms with Gasteiger partial charge in [-0.15, -0.1) is 0 Å². The van der Waals surface area contributed by atoms with E-state index in [9.17, 15) is 19.7 Å². The van der Waals surface area contributed by atoms with E-state index in [1.165, 1.54) is 19.3 Å². The fraction of sp³-hybridized carbons (Fsp3) is 0.364. The van der Waals surface area contributed by atoms with Crippen LogP contribution >= 0.6 is 0 Å². The number of aryl methyl sites for hydroxylation is 1. The molecule has 0 aromatic carbocycles. The number of likely N-dealkylation sites (N-methyl/N-ethyl adjacent to an activating group) is 1. The number of nitro groups is 1. The zero-order valence-corrected chi connectivity index (χ0v) is 10.4. The van der Waals surface area contributed by atoms with E-state index in [-0.39, 0.29) is 23.8 Å². The molecule has 1 unspecified atom stereocenters. The fourth-order valence-corrected chi connectivity index (χ4v) is 1.84. The van der Waals surface area contributed by atoms with Crippen LogP contribution in [0.4, 0.5) is 11.5 Å². The molecule has 0 saturated carbocycles. The van der Waals surface area contributed by atoms with Crippen molar-refractivity contribution in [1.82, 2.24) is 9.88 Å². The molecule has 1 atom stereocenters. The molecule has 1 saturated heterocycles. The van der Waals surface area contributed by atoms with E-state index >= 15 is 0 Å². The van der Waals surface area contributed by atoms with Gasteiger partial charge in [-0.05, 0) is 12.5 Å². The normalized spacial score (nSPS) is 18.8. The van der Waals surface area contributed by atoms with Gasteiger partial charge in [0.25, 0.3) is 5.91 Å². The number of hydrogen-bond acceptors (Lipinski definition) is 6. The molecular weight excluding hydrogens is 252 g/mol. The van der Waals surface area contributed by atoms with Crippen molar-refractivity contribution in [2.45, 2.75) is 19.4 Å². The Morgan fingerprint density at radius 3 is 2.74 bits per heavy atom. The van der Waals surface area contributed by atoms with Crippen molar-refractivity contribution in [3.05, 3.63) is 27.9 Å². The molecule has 100 valence electrons.